The first-order valence-corrected chi connectivity index (χ1v) is 6.68. The minimum absolute atomic E-state index is 0.657. The van der Waals surface area contributed by atoms with Crippen molar-refractivity contribution in [3.8, 4) is 6.07 Å². The summed E-state index contributed by atoms with van der Waals surface area (Å²) in [7, 11) is 0. The van der Waals surface area contributed by atoms with Crippen LogP contribution in [-0.2, 0) is 0 Å². The van der Waals surface area contributed by atoms with Crippen LogP contribution in [0.5, 0.6) is 0 Å². The first kappa shape index (κ1) is 13.4. The van der Waals surface area contributed by atoms with Crippen LogP contribution in [0.2, 0.25) is 0 Å². The number of nitrogens with zero attached hydrogens (tertiary/aromatic N) is 3. The minimum atomic E-state index is 0.657. The van der Waals surface area contributed by atoms with E-state index in [4.69, 9.17) is 4.98 Å². The van der Waals surface area contributed by atoms with Crippen molar-refractivity contribution in [2.75, 3.05) is 18.0 Å². The van der Waals surface area contributed by atoms with Crippen LogP contribution in [-0.4, -0.2) is 18.1 Å². The van der Waals surface area contributed by atoms with E-state index in [0.717, 1.165) is 40.9 Å². The monoisotopic (exact) mass is 253 g/mol. The van der Waals surface area contributed by atoms with E-state index in [1.165, 1.54) is 0 Å². The molecule has 3 nitrogen and oxygen atoms in total. The number of fused-ring (bicyclic) bond motifs is 1. The van der Waals surface area contributed by atoms with Crippen molar-refractivity contribution in [1.82, 2.24) is 4.98 Å². The molecule has 0 N–H and O–H groups in total. The second-order valence-corrected chi connectivity index (χ2v) is 4.74. The average molecular weight is 253 g/mol. The van der Waals surface area contributed by atoms with Crippen molar-refractivity contribution in [2.45, 2.75) is 27.7 Å². The van der Waals surface area contributed by atoms with E-state index in [-0.39, 0.29) is 0 Å². The van der Waals surface area contributed by atoms with Gasteiger partial charge >= 0.3 is 0 Å². The van der Waals surface area contributed by atoms with Gasteiger partial charge in [-0.25, -0.2) is 4.98 Å². The highest BCUT2D eigenvalue weighted by atomic mass is 15.2. The Morgan fingerprint density at radius 1 is 1.16 bits per heavy atom. The molecule has 1 aromatic heterocycles. The fourth-order valence-corrected chi connectivity index (χ4v) is 2.37. The number of rotatable bonds is 3. The number of aryl methyl sites for hydroxylation is 2. The van der Waals surface area contributed by atoms with Crippen LogP contribution < -0.4 is 4.90 Å². The Balaban J connectivity index is 2.79. The molecule has 0 aliphatic rings. The first-order chi connectivity index (χ1) is 9.12. The maximum absolute atomic E-state index is 9.36. The van der Waals surface area contributed by atoms with Gasteiger partial charge in [0, 0.05) is 18.5 Å². The van der Waals surface area contributed by atoms with E-state index in [1.54, 1.807) is 0 Å². The normalized spacial score (nSPS) is 10.5. The van der Waals surface area contributed by atoms with Gasteiger partial charge in [-0.15, -0.1) is 0 Å². The predicted octanol–water partition coefficient (Wildman–Crippen LogP) is 3.57. The van der Waals surface area contributed by atoms with E-state index in [0.29, 0.717) is 5.56 Å². The molecule has 98 valence electrons. The number of nitriles is 1. The second-order valence-electron chi connectivity index (χ2n) is 4.74. The quantitative estimate of drug-likeness (QED) is 0.839. The Labute approximate surface area is 114 Å². The van der Waals surface area contributed by atoms with E-state index in [9.17, 15) is 5.26 Å². The second kappa shape index (κ2) is 5.27. The highest BCUT2D eigenvalue weighted by Crippen LogP contribution is 2.27. The summed E-state index contributed by atoms with van der Waals surface area (Å²) in [4.78, 5) is 6.88. The molecule has 0 radical (unpaired) electrons. The molecule has 1 aromatic carbocycles. The largest absolute Gasteiger partial charge is 0.356 e. The predicted molar refractivity (Wildman–Crippen MR) is 79.5 cm³/mol. The van der Waals surface area contributed by atoms with Crippen LogP contribution in [0, 0.1) is 25.2 Å². The molecule has 2 aromatic rings. The molecule has 19 heavy (non-hydrogen) atoms. The Morgan fingerprint density at radius 3 is 2.37 bits per heavy atom. The molecular weight excluding hydrogens is 234 g/mol. The van der Waals surface area contributed by atoms with Crippen LogP contribution in [0.25, 0.3) is 10.9 Å². The van der Waals surface area contributed by atoms with E-state index >= 15 is 0 Å². The lowest BCUT2D eigenvalue weighted by atomic mass is 10.0. The van der Waals surface area contributed by atoms with Crippen LogP contribution in [0.15, 0.2) is 18.2 Å². The maximum Gasteiger partial charge on any atom is 0.147 e. The number of aromatic nitrogens is 1. The first-order valence-electron chi connectivity index (χ1n) is 6.68. The molecule has 3 heteroatoms. The van der Waals surface area contributed by atoms with E-state index in [2.05, 4.69) is 50.8 Å². The van der Waals surface area contributed by atoms with Crippen molar-refractivity contribution >= 4 is 16.7 Å². The standard InChI is InChI=1S/C16H19N3/c1-5-19(6-2)16-13(10-17)9-14-11(3)7-8-12(4)15(14)18-16/h7-9H,5-6H2,1-4H3. The fraction of sp³-hybridized carbons (Fsp3) is 0.375. The van der Waals surface area contributed by atoms with Gasteiger partial charge in [0.1, 0.15) is 11.9 Å². The third-order valence-electron chi connectivity index (χ3n) is 3.57. The number of pyridine rings is 1. The maximum atomic E-state index is 9.36. The lowest BCUT2D eigenvalue weighted by Gasteiger charge is -2.22. The number of benzene rings is 1. The summed E-state index contributed by atoms with van der Waals surface area (Å²) in [6, 6.07) is 8.42. The van der Waals surface area contributed by atoms with Crippen molar-refractivity contribution in [1.29, 1.82) is 5.26 Å². The summed E-state index contributed by atoms with van der Waals surface area (Å²) >= 11 is 0. The molecule has 2 rings (SSSR count). The molecule has 0 aliphatic carbocycles. The van der Waals surface area contributed by atoms with Gasteiger partial charge in [-0.3, -0.25) is 0 Å². The van der Waals surface area contributed by atoms with Crippen molar-refractivity contribution < 1.29 is 0 Å². The molecule has 0 atom stereocenters. The van der Waals surface area contributed by atoms with Gasteiger partial charge in [-0.05, 0) is 44.9 Å². The summed E-state index contributed by atoms with van der Waals surface area (Å²) in [6.07, 6.45) is 0. The zero-order valence-corrected chi connectivity index (χ0v) is 12.0. The SMILES string of the molecule is CCN(CC)c1nc2c(C)ccc(C)c2cc1C#N. The lowest BCUT2D eigenvalue weighted by Crippen LogP contribution is -2.24. The molecule has 0 aliphatic heterocycles. The van der Waals surface area contributed by atoms with Crippen LogP contribution >= 0.6 is 0 Å². The van der Waals surface area contributed by atoms with Crippen LogP contribution in [0.4, 0.5) is 5.82 Å². The van der Waals surface area contributed by atoms with Crippen molar-refractivity contribution in [2.24, 2.45) is 0 Å². The molecule has 1 heterocycles. The van der Waals surface area contributed by atoms with Gasteiger partial charge in [0.2, 0.25) is 0 Å². The minimum Gasteiger partial charge on any atom is -0.356 e. The number of anilines is 1. The summed E-state index contributed by atoms with van der Waals surface area (Å²) in [5, 5.41) is 10.4. The number of hydrogen-bond acceptors (Lipinski definition) is 3. The fourth-order valence-electron chi connectivity index (χ4n) is 2.37. The molecule has 0 spiro atoms. The van der Waals surface area contributed by atoms with E-state index < -0.39 is 0 Å². The topological polar surface area (TPSA) is 39.9 Å². The molecule has 0 saturated carbocycles. The summed E-state index contributed by atoms with van der Waals surface area (Å²) in [6.45, 7) is 10.00. The van der Waals surface area contributed by atoms with Gasteiger partial charge < -0.3 is 4.90 Å². The summed E-state index contributed by atoms with van der Waals surface area (Å²) < 4.78 is 0. The van der Waals surface area contributed by atoms with Gasteiger partial charge in [-0.1, -0.05) is 12.1 Å². The van der Waals surface area contributed by atoms with E-state index in [1.807, 2.05) is 6.07 Å². The Hall–Kier alpha value is -2.08. The third-order valence-corrected chi connectivity index (χ3v) is 3.57. The summed E-state index contributed by atoms with van der Waals surface area (Å²) in [5.41, 5.74) is 3.97. The molecule has 0 fully saturated rings. The average Bonchev–Trinajstić information content (AvgIpc) is 2.44. The Bertz CT molecular complexity index is 649. The van der Waals surface area contributed by atoms with Crippen molar-refractivity contribution in [3.05, 3.63) is 34.9 Å². The van der Waals surface area contributed by atoms with Gasteiger partial charge in [0.15, 0.2) is 0 Å². The zero-order valence-electron chi connectivity index (χ0n) is 12.0. The highest BCUT2D eigenvalue weighted by Gasteiger charge is 2.13. The summed E-state index contributed by atoms with van der Waals surface area (Å²) in [5.74, 6) is 0.800. The van der Waals surface area contributed by atoms with Crippen molar-refractivity contribution in [3.63, 3.8) is 0 Å². The lowest BCUT2D eigenvalue weighted by molar-refractivity contribution is 0.847. The third kappa shape index (κ3) is 2.26. The van der Waals surface area contributed by atoms with Crippen LogP contribution in [0.1, 0.15) is 30.5 Å². The molecule has 0 saturated heterocycles. The molecular formula is C16H19N3. The highest BCUT2D eigenvalue weighted by molar-refractivity contribution is 5.88. The number of hydrogen-bond donors (Lipinski definition) is 0. The molecule has 0 unspecified atom stereocenters. The Kier molecular flexibility index (Phi) is 3.71. The Morgan fingerprint density at radius 2 is 1.79 bits per heavy atom. The zero-order chi connectivity index (χ0) is 14.0. The van der Waals surface area contributed by atoms with Gasteiger partial charge in [0.25, 0.3) is 0 Å². The van der Waals surface area contributed by atoms with Gasteiger partial charge in [-0.2, -0.15) is 5.26 Å². The molecule has 0 bridgehead atoms. The van der Waals surface area contributed by atoms with Crippen LogP contribution in [0.3, 0.4) is 0 Å². The molecule has 0 amide bonds. The smallest absolute Gasteiger partial charge is 0.147 e. The van der Waals surface area contributed by atoms with Gasteiger partial charge in [0.05, 0.1) is 11.1 Å².